The van der Waals surface area contributed by atoms with Gasteiger partial charge in [-0.3, -0.25) is 0 Å². The van der Waals surface area contributed by atoms with Gasteiger partial charge in [0, 0.05) is 6.61 Å². The standard InChI is InChI=1S/C9H16O2/c1-2-8-9(11-8)4-6-3-7(6)5-10/h6-10H,2-5H2,1H3. The highest BCUT2D eigenvalue weighted by Crippen LogP contribution is 2.45. The minimum Gasteiger partial charge on any atom is -0.396 e. The van der Waals surface area contributed by atoms with Gasteiger partial charge in [-0.2, -0.15) is 0 Å². The molecule has 11 heavy (non-hydrogen) atoms. The summed E-state index contributed by atoms with van der Waals surface area (Å²) in [6.07, 6.45) is 4.68. The highest BCUT2D eigenvalue weighted by molar-refractivity contribution is 4.94. The van der Waals surface area contributed by atoms with Crippen LogP contribution in [0, 0.1) is 11.8 Å². The molecule has 0 aromatic rings. The van der Waals surface area contributed by atoms with Gasteiger partial charge in [-0.15, -0.1) is 0 Å². The Morgan fingerprint density at radius 2 is 2.18 bits per heavy atom. The Morgan fingerprint density at radius 3 is 2.64 bits per heavy atom. The lowest BCUT2D eigenvalue weighted by Crippen LogP contribution is -1.96. The zero-order valence-corrected chi connectivity index (χ0v) is 6.99. The molecule has 2 rings (SSSR count). The molecule has 2 aliphatic rings. The number of ether oxygens (including phenoxy) is 1. The molecule has 0 aromatic heterocycles. The van der Waals surface area contributed by atoms with Crippen molar-refractivity contribution in [3.05, 3.63) is 0 Å². The molecule has 4 atom stereocenters. The lowest BCUT2D eigenvalue weighted by Gasteiger charge is -1.91. The van der Waals surface area contributed by atoms with Crippen molar-refractivity contribution in [3.63, 3.8) is 0 Å². The van der Waals surface area contributed by atoms with E-state index in [-0.39, 0.29) is 0 Å². The Bertz CT molecular complexity index is 130. The summed E-state index contributed by atoms with van der Waals surface area (Å²) in [4.78, 5) is 0. The molecule has 0 aromatic carbocycles. The maximum absolute atomic E-state index is 8.79. The van der Waals surface area contributed by atoms with Gasteiger partial charge in [0.1, 0.15) is 0 Å². The van der Waals surface area contributed by atoms with Crippen LogP contribution in [0.4, 0.5) is 0 Å². The maximum atomic E-state index is 8.79. The first kappa shape index (κ1) is 7.56. The number of aliphatic hydroxyl groups is 1. The summed E-state index contributed by atoms with van der Waals surface area (Å²) < 4.78 is 5.43. The smallest absolute Gasteiger partial charge is 0.0844 e. The molecule has 1 aliphatic heterocycles. The number of hydrogen-bond acceptors (Lipinski definition) is 2. The van der Waals surface area contributed by atoms with E-state index in [4.69, 9.17) is 9.84 Å². The first-order valence-corrected chi connectivity index (χ1v) is 4.61. The van der Waals surface area contributed by atoms with Crippen LogP contribution in [0.1, 0.15) is 26.2 Å². The largest absolute Gasteiger partial charge is 0.396 e. The summed E-state index contributed by atoms with van der Waals surface area (Å²) in [6.45, 7) is 2.55. The average Bonchev–Trinajstić information content (AvgIpc) is 2.87. The molecule has 1 saturated heterocycles. The van der Waals surface area contributed by atoms with E-state index in [9.17, 15) is 0 Å². The monoisotopic (exact) mass is 156 g/mol. The second-order valence-corrected chi connectivity index (χ2v) is 3.80. The quantitative estimate of drug-likeness (QED) is 0.620. The number of epoxide rings is 1. The predicted molar refractivity (Wildman–Crippen MR) is 42.3 cm³/mol. The van der Waals surface area contributed by atoms with Gasteiger partial charge in [0.05, 0.1) is 12.2 Å². The van der Waals surface area contributed by atoms with Crippen LogP contribution >= 0.6 is 0 Å². The summed E-state index contributed by atoms with van der Waals surface area (Å²) in [5.74, 6) is 1.39. The van der Waals surface area contributed by atoms with Crippen molar-refractivity contribution in [2.45, 2.75) is 38.4 Å². The molecule has 0 radical (unpaired) electrons. The van der Waals surface area contributed by atoms with Gasteiger partial charge >= 0.3 is 0 Å². The Kier molecular flexibility index (Phi) is 1.90. The second-order valence-electron chi connectivity index (χ2n) is 3.80. The third kappa shape index (κ3) is 1.57. The van der Waals surface area contributed by atoms with E-state index in [1.165, 1.54) is 12.8 Å². The molecule has 4 unspecified atom stereocenters. The fourth-order valence-electron chi connectivity index (χ4n) is 1.87. The summed E-state index contributed by atoms with van der Waals surface area (Å²) in [6, 6.07) is 0. The molecule has 0 spiro atoms. The molecule has 2 nitrogen and oxygen atoms in total. The van der Waals surface area contributed by atoms with Crippen molar-refractivity contribution in [2.75, 3.05) is 6.61 Å². The lowest BCUT2D eigenvalue weighted by atomic mass is 10.1. The SMILES string of the molecule is CCC1OC1CC1CC1CO. The molecule has 1 heterocycles. The van der Waals surface area contributed by atoms with Crippen LogP contribution in [0.5, 0.6) is 0 Å². The Labute approximate surface area is 67.6 Å². The molecule has 0 amide bonds. The molecule has 2 fully saturated rings. The van der Waals surface area contributed by atoms with Gasteiger partial charge in [-0.1, -0.05) is 6.92 Å². The minimum atomic E-state index is 0.383. The lowest BCUT2D eigenvalue weighted by molar-refractivity contribution is 0.264. The van der Waals surface area contributed by atoms with E-state index < -0.39 is 0 Å². The van der Waals surface area contributed by atoms with Crippen LogP contribution in [0.3, 0.4) is 0 Å². The van der Waals surface area contributed by atoms with E-state index in [0.717, 1.165) is 12.3 Å². The van der Waals surface area contributed by atoms with Crippen molar-refractivity contribution in [1.29, 1.82) is 0 Å². The van der Waals surface area contributed by atoms with Gasteiger partial charge in [0.15, 0.2) is 0 Å². The van der Waals surface area contributed by atoms with Crippen molar-refractivity contribution in [1.82, 2.24) is 0 Å². The van der Waals surface area contributed by atoms with E-state index in [1.807, 2.05) is 0 Å². The van der Waals surface area contributed by atoms with E-state index in [1.54, 1.807) is 0 Å². The third-order valence-electron chi connectivity index (χ3n) is 2.93. The van der Waals surface area contributed by atoms with Crippen molar-refractivity contribution in [3.8, 4) is 0 Å². The number of rotatable bonds is 4. The van der Waals surface area contributed by atoms with Crippen LogP contribution in [0.2, 0.25) is 0 Å². The topological polar surface area (TPSA) is 32.8 Å². The van der Waals surface area contributed by atoms with Crippen LogP contribution in [0.25, 0.3) is 0 Å². The number of aliphatic hydroxyl groups excluding tert-OH is 1. The highest BCUT2D eigenvalue weighted by atomic mass is 16.6. The van der Waals surface area contributed by atoms with Crippen molar-refractivity contribution in [2.24, 2.45) is 11.8 Å². The van der Waals surface area contributed by atoms with Crippen molar-refractivity contribution < 1.29 is 9.84 Å². The van der Waals surface area contributed by atoms with Crippen LogP contribution in [-0.4, -0.2) is 23.9 Å². The molecular formula is C9H16O2. The van der Waals surface area contributed by atoms with Crippen LogP contribution in [0.15, 0.2) is 0 Å². The van der Waals surface area contributed by atoms with E-state index >= 15 is 0 Å². The Balaban J connectivity index is 1.62. The fourth-order valence-corrected chi connectivity index (χ4v) is 1.87. The molecule has 0 bridgehead atoms. The maximum Gasteiger partial charge on any atom is 0.0844 e. The Morgan fingerprint density at radius 1 is 1.36 bits per heavy atom. The van der Waals surface area contributed by atoms with E-state index in [2.05, 4.69) is 6.92 Å². The first-order valence-electron chi connectivity index (χ1n) is 4.61. The van der Waals surface area contributed by atoms with Gasteiger partial charge in [0.2, 0.25) is 0 Å². The van der Waals surface area contributed by atoms with E-state index in [0.29, 0.717) is 24.7 Å². The molecule has 64 valence electrons. The normalized spacial score (nSPS) is 47.5. The summed E-state index contributed by atoms with van der Waals surface area (Å²) >= 11 is 0. The first-order chi connectivity index (χ1) is 5.35. The molecular weight excluding hydrogens is 140 g/mol. The van der Waals surface area contributed by atoms with Gasteiger partial charge in [-0.05, 0) is 31.1 Å². The zero-order chi connectivity index (χ0) is 7.84. The Hall–Kier alpha value is -0.0800. The van der Waals surface area contributed by atoms with Crippen molar-refractivity contribution >= 4 is 0 Å². The minimum absolute atomic E-state index is 0.383. The zero-order valence-electron chi connectivity index (χ0n) is 6.99. The summed E-state index contributed by atoms with van der Waals surface area (Å²) in [5, 5.41) is 8.79. The number of hydrogen-bond donors (Lipinski definition) is 1. The highest BCUT2D eigenvalue weighted by Gasteiger charge is 2.45. The molecule has 1 N–H and O–H groups in total. The third-order valence-corrected chi connectivity index (χ3v) is 2.93. The summed E-state index contributed by atoms with van der Waals surface area (Å²) in [5.41, 5.74) is 0. The summed E-state index contributed by atoms with van der Waals surface area (Å²) in [7, 11) is 0. The molecule has 2 heteroatoms. The van der Waals surface area contributed by atoms with Gasteiger partial charge in [0.25, 0.3) is 0 Å². The van der Waals surface area contributed by atoms with Gasteiger partial charge < -0.3 is 9.84 Å². The predicted octanol–water partition coefficient (Wildman–Crippen LogP) is 1.18. The van der Waals surface area contributed by atoms with Crippen LogP contribution < -0.4 is 0 Å². The van der Waals surface area contributed by atoms with Gasteiger partial charge in [-0.25, -0.2) is 0 Å². The molecule has 1 saturated carbocycles. The fraction of sp³-hybridized carbons (Fsp3) is 1.00. The second kappa shape index (κ2) is 2.76. The molecule has 1 aliphatic carbocycles. The van der Waals surface area contributed by atoms with Crippen LogP contribution in [-0.2, 0) is 4.74 Å². The average molecular weight is 156 g/mol.